The summed E-state index contributed by atoms with van der Waals surface area (Å²) in [6.45, 7) is 21.0. The zero-order valence-electron chi connectivity index (χ0n) is 36.4. The second-order valence-corrected chi connectivity index (χ2v) is 19.8. The van der Waals surface area contributed by atoms with Gasteiger partial charge in [-0.25, -0.2) is 0 Å². The van der Waals surface area contributed by atoms with Gasteiger partial charge in [0.15, 0.2) is 0 Å². The standard InChI is InChI=1S/C54H62N2O2/c1-51(2,3)37-29-35(49(57)47(31-37)53(7)43-23-15-11-19-39(43)40-20-12-16-24-44(40)53)33-55(9)27-28-56(10)34-36-30-38(52(4,5)6)32-48(50(36)58)54(8)45-25-17-13-21-41(45)42-22-14-18-26-46(42)54/h11-13,15-21,23-26,29-32,57-58H,14,22,27-28,33-34H2,1-10H3. The van der Waals surface area contributed by atoms with E-state index in [0.29, 0.717) is 24.6 Å². The van der Waals surface area contributed by atoms with Gasteiger partial charge in [-0.15, -0.1) is 0 Å². The van der Waals surface area contributed by atoms with Gasteiger partial charge in [0.05, 0.1) is 0 Å². The van der Waals surface area contributed by atoms with Crippen LogP contribution in [-0.2, 0) is 34.7 Å². The van der Waals surface area contributed by atoms with Crippen LogP contribution in [0.2, 0.25) is 0 Å². The fourth-order valence-corrected chi connectivity index (χ4v) is 10.1. The Labute approximate surface area is 347 Å². The molecule has 0 amide bonds. The number of nitrogens with zero attached hydrogens (tertiary/aromatic N) is 2. The smallest absolute Gasteiger partial charge is 0.124 e. The Morgan fingerprint density at radius 1 is 0.552 bits per heavy atom. The van der Waals surface area contributed by atoms with Gasteiger partial charge < -0.3 is 20.0 Å². The zero-order valence-corrected chi connectivity index (χ0v) is 36.4. The largest absolute Gasteiger partial charge is 0.507 e. The maximum Gasteiger partial charge on any atom is 0.124 e. The van der Waals surface area contributed by atoms with Crippen molar-refractivity contribution in [2.75, 3.05) is 27.2 Å². The first kappa shape index (κ1) is 39.9. The highest BCUT2D eigenvalue weighted by Crippen LogP contribution is 2.57. The van der Waals surface area contributed by atoms with Crippen molar-refractivity contribution < 1.29 is 10.2 Å². The molecule has 8 rings (SSSR count). The number of rotatable bonds is 9. The minimum atomic E-state index is -0.489. The molecule has 1 atom stereocenters. The fraction of sp³-hybridized carbons (Fsp3) is 0.370. The monoisotopic (exact) mass is 770 g/mol. The van der Waals surface area contributed by atoms with Gasteiger partial charge in [-0.3, -0.25) is 0 Å². The summed E-state index contributed by atoms with van der Waals surface area (Å²) in [6.07, 6.45) is 6.69. The Bertz CT molecular complexity index is 2430. The molecule has 4 heteroatoms. The maximum absolute atomic E-state index is 12.3. The molecule has 5 aromatic carbocycles. The van der Waals surface area contributed by atoms with Crippen LogP contribution in [0.3, 0.4) is 0 Å². The highest BCUT2D eigenvalue weighted by molar-refractivity contribution is 5.86. The summed E-state index contributed by atoms with van der Waals surface area (Å²) in [5.74, 6) is 0.782. The van der Waals surface area contributed by atoms with Crippen LogP contribution in [0, 0.1) is 0 Å². The van der Waals surface area contributed by atoms with E-state index in [9.17, 15) is 10.2 Å². The molecule has 1 unspecified atom stereocenters. The zero-order chi connectivity index (χ0) is 41.4. The van der Waals surface area contributed by atoms with Crippen LogP contribution in [0.4, 0.5) is 0 Å². The lowest BCUT2D eigenvalue weighted by molar-refractivity contribution is 0.243. The Balaban J connectivity index is 1.07. The molecule has 0 saturated carbocycles. The van der Waals surface area contributed by atoms with Crippen molar-refractivity contribution in [1.29, 1.82) is 0 Å². The van der Waals surface area contributed by atoms with E-state index < -0.39 is 10.8 Å². The van der Waals surface area contributed by atoms with Crippen LogP contribution in [0.25, 0.3) is 16.7 Å². The van der Waals surface area contributed by atoms with E-state index in [1.165, 1.54) is 55.7 Å². The lowest BCUT2D eigenvalue weighted by Gasteiger charge is -2.34. The molecule has 0 bridgehead atoms. The second-order valence-electron chi connectivity index (χ2n) is 19.8. The number of benzene rings is 5. The fourth-order valence-electron chi connectivity index (χ4n) is 10.1. The lowest BCUT2D eigenvalue weighted by Crippen LogP contribution is -2.31. The number of phenolic OH excluding ortho intramolecular Hbond substituents is 2. The van der Waals surface area contributed by atoms with Crippen LogP contribution in [0.5, 0.6) is 11.5 Å². The Hall–Kier alpha value is -4.90. The molecule has 3 aliphatic carbocycles. The molecular weight excluding hydrogens is 709 g/mol. The van der Waals surface area contributed by atoms with E-state index >= 15 is 0 Å². The van der Waals surface area contributed by atoms with Crippen LogP contribution in [0.15, 0.2) is 115 Å². The minimum Gasteiger partial charge on any atom is -0.507 e. The number of hydrogen-bond donors (Lipinski definition) is 2. The van der Waals surface area contributed by atoms with E-state index in [4.69, 9.17) is 0 Å². The van der Waals surface area contributed by atoms with Crippen molar-refractivity contribution >= 4 is 5.57 Å². The molecule has 58 heavy (non-hydrogen) atoms. The lowest BCUT2D eigenvalue weighted by atomic mass is 9.70. The van der Waals surface area contributed by atoms with Gasteiger partial charge in [0.1, 0.15) is 11.5 Å². The van der Waals surface area contributed by atoms with E-state index in [-0.39, 0.29) is 10.8 Å². The Morgan fingerprint density at radius 2 is 0.966 bits per heavy atom. The van der Waals surface area contributed by atoms with Crippen LogP contribution in [-0.4, -0.2) is 47.2 Å². The highest BCUT2D eigenvalue weighted by Gasteiger charge is 2.45. The van der Waals surface area contributed by atoms with Crippen LogP contribution >= 0.6 is 0 Å². The third-order valence-corrected chi connectivity index (χ3v) is 13.7. The molecule has 3 aliphatic rings. The van der Waals surface area contributed by atoms with Crippen molar-refractivity contribution in [3.8, 4) is 22.6 Å². The predicted molar refractivity (Wildman–Crippen MR) is 242 cm³/mol. The topological polar surface area (TPSA) is 46.9 Å². The summed E-state index contributed by atoms with van der Waals surface area (Å²) in [5, 5.41) is 24.6. The first-order valence-corrected chi connectivity index (χ1v) is 21.2. The van der Waals surface area contributed by atoms with Crippen LogP contribution in [0.1, 0.15) is 124 Å². The number of fused-ring (bicyclic) bond motifs is 5. The average molecular weight is 771 g/mol. The molecule has 4 nitrogen and oxygen atoms in total. The molecule has 0 spiro atoms. The second kappa shape index (κ2) is 14.4. The minimum absolute atomic E-state index is 0.0910. The number of hydrogen-bond acceptors (Lipinski definition) is 4. The molecule has 5 aromatic rings. The molecular formula is C54H62N2O2. The summed E-state index contributed by atoms with van der Waals surface area (Å²) in [4.78, 5) is 4.64. The van der Waals surface area contributed by atoms with Gasteiger partial charge in [0.25, 0.3) is 0 Å². The van der Waals surface area contributed by atoms with Crippen molar-refractivity contribution in [1.82, 2.24) is 9.80 Å². The molecule has 0 fully saturated rings. The summed E-state index contributed by atoms with van der Waals surface area (Å²) in [6, 6.07) is 35.1. The van der Waals surface area contributed by atoms with E-state index in [1.807, 2.05) is 0 Å². The number of likely N-dealkylation sites (N-methyl/N-ethyl adjacent to an activating group) is 2. The average Bonchev–Trinajstić information content (AvgIpc) is 3.61. The Morgan fingerprint density at radius 3 is 1.43 bits per heavy atom. The first-order valence-electron chi connectivity index (χ1n) is 21.2. The first-order chi connectivity index (χ1) is 27.4. The number of phenols is 2. The summed E-state index contributed by atoms with van der Waals surface area (Å²) in [5.41, 5.74) is 15.5. The Kier molecular flexibility index (Phi) is 9.93. The quantitative estimate of drug-likeness (QED) is 0.157. The predicted octanol–water partition coefficient (Wildman–Crippen LogP) is 12.0. The third kappa shape index (κ3) is 6.53. The van der Waals surface area contributed by atoms with Crippen LogP contribution < -0.4 is 0 Å². The molecule has 0 aliphatic heterocycles. The summed E-state index contributed by atoms with van der Waals surface area (Å²) in [7, 11) is 4.30. The summed E-state index contributed by atoms with van der Waals surface area (Å²) >= 11 is 0. The molecule has 0 radical (unpaired) electrons. The van der Waals surface area contributed by atoms with E-state index in [0.717, 1.165) is 48.2 Å². The third-order valence-electron chi connectivity index (χ3n) is 13.7. The molecule has 0 saturated heterocycles. The molecule has 300 valence electrons. The molecule has 0 aromatic heterocycles. The van der Waals surface area contributed by atoms with Crippen molar-refractivity contribution in [2.24, 2.45) is 0 Å². The van der Waals surface area contributed by atoms with Gasteiger partial charge in [-0.2, -0.15) is 0 Å². The number of allylic oxidation sites excluding steroid dienone is 4. The van der Waals surface area contributed by atoms with Crippen molar-refractivity contribution in [3.05, 3.63) is 170 Å². The van der Waals surface area contributed by atoms with Crippen molar-refractivity contribution in [3.63, 3.8) is 0 Å². The van der Waals surface area contributed by atoms with Gasteiger partial charge >= 0.3 is 0 Å². The van der Waals surface area contributed by atoms with Gasteiger partial charge in [0, 0.05) is 59.3 Å². The van der Waals surface area contributed by atoms with E-state index in [1.54, 1.807) is 0 Å². The van der Waals surface area contributed by atoms with Crippen molar-refractivity contribution in [2.45, 2.75) is 103 Å². The van der Waals surface area contributed by atoms with Gasteiger partial charge in [-0.05, 0) is 107 Å². The highest BCUT2D eigenvalue weighted by atomic mass is 16.3. The normalized spacial score (nSPS) is 18.1. The number of aromatic hydroxyl groups is 2. The SMILES string of the molecule is CN(CCN(C)Cc1cc(C(C)(C)C)cc(C2(C)c3ccccc3-c3ccccc32)c1O)Cc1cc(C(C)(C)C)cc(C2(C)C3=C(CCC=C3)c3ccccc32)c1O. The van der Waals surface area contributed by atoms with Gasteiger partial charge in [-0.1, -0.05) is 151 Å². The molecule has 2 N–H and O–H groups in total. The summed E-state index contributed by atoms with van der Waals surface area (Å²) < 4.78 is 0. The maximum atomic E-state index is 12.3. The van der Waals surface area contributed by atoms with E-state index in [2.05, 4.69) is 188 Å². The molecule has 0 heterocycles. The van der Waals surface area contributed by atoms with Gasteiger partial charge in [0.2, 0.25) is 0 Å².